The molecule has 2 N–H and O–H groups in total. The van der Waals surface area contributed by atoms with Gasteiger partial charge in [-0.3, -0.25) is 0 Å². The molecule has 1 aromatic heterocycles. The zero-order chi connectivity index (χ0) is 11.0. The number of aromatic amines is 1. The number of aryl methyl sites for hydroxylation is 1. The molecule has 0 radical (unpaired) electrons. The van der Waals surface area contributed by atoms with E-state index in [2.05, 4.69) is 17.2 Å². The molecular formula is C13H21N3. The van der Waals surface area contributed by atoms with E-state index < -0.39 is 0 Å². The van der Waals surface area contributed by atoms with Crippen LogP contribution in [-0.4, -0.2) is 23.1 Å². The molecule has 1 saturated carbocycles. The average Bonchev–Trinajstić information content (AvgIpc) is 2.60. The third kappa shape index (κ3) is 1.77. The van der Waals surface area contributed by atoms with Crippen LogP contribution >= 0.6 is 0 Å². The molecule has 3 heteroatoms. The SMILES string of the molecule is Cc1[nH]c(C2CCCCC2)nc1C1CNC1. The van der Waals surface area contributed by atoms with Crippen molar-refractivity contribution in [2.24, 2.45) is 0 Å². The molecule has 88 valence electrons. The van der Waals surface area contributed by atoms with E-state index in [1.54, 1.807) is 0 Å². The number of imidazole rings is 1. The molecule has 1 aliphatic heterocycles. The van der Waals surface area contributed by atoms with Crippen molar-refractivity contribution in [1.29, 1.82) is 0 Å². The Morgan fingerprint density at radius 3 is 2.44 bits per heavy atom. The third-order valence-corrected chi connectivity index (χ3v) is 4.10. The summed E-state index contributed by atoms with van der Waals surface area (Å²) in [5.41, 5.74) is 2.62. The highest BCUT2D eigenvalue weighted by Crippen LogP contribution is 2.32. The van der Waals surface area contributed by atoms with Crippen LogP contribution in [0.4, 0.5) is 0 Å². The van der Waals surface area contributed by atoms with Gasteiger partial charge in [-0.25, -0.2) is 4.98 Å². The second kappa shape index (κ2) is 4.21. The summed E-state index contributed by atoms with van der Waals surface area (Å²) < 4.78 is 0. The predicted octanol–water partition coefficient (Wildman–Crippen LogP) is 2.45. The Balaban J connectivity index is 1.79. The summed E-state index contributed by atoms with van der Waals surface area (Å²) in [4.78, 5) is 8.38. The average molecular weight is 219 g/mol. The predicted molar refractivity (Wildman–Crippen MR) is 64.8 cm³/mol. The van der Waals surface area contributed by atoms with Crippen molar-refractivity contribution < 1.29 is 0 Å². The molecule has 2 fully saturated rings. The topological polar surface area (TPSA) is 40.7 Å². The van der Waals surface area contributed by atoms with Gasteiger partial charge in [-0.1, -0.05) is 19.3 Å². The minimum absolute atomic E-state index is 0.661. The zero-order valence-corrected chi connectivity index (χ0v) is 10.1. The van der Waals surface area contributed by atoms with Crippen LogP contribution in [0.5, 0.6) is 0 Å². The minimum Gasteiger partial charge on any atom is -0.346 e. The van der Waals surface area contributed by atoms with E-state index in [1.807, 2.05) is 0 Å². The molecule has 3 rings (SSSR count). The fraction of sp³-hybridized carbons (Fsp3) is 0.769. The normalized spacial score (nSPS) is 23.3. The zero-order valence-electron chi connectivity index (χ0n) is 10.1. The highest BCUT2D eigenvalue weighted by molar-refractivity contribution is 5.22. The Kier molecular flexibility index (Phi) is 2.72. The number of rotatable bonds is 2. The standard InChI is InChI=1S/C13H21N3/c1-9-12(11-7-14-8-11)16-13(15-9)10-5-3-2-4-6-10/h10-11,14H,2-8H2,1H3,(H,15,16). The number of hydrogen-bond acceptors (Lipinski definition) is 2. The molecule has 0 bridgehead atoms. The van der Waals surface area contributed by atoms with Gasteiger partial charge < -0.3 is 10.3 Å². The second-order valence-electron chi connectivity index (χ2n) is 5.32. The van der Waals surface area contributed by atoms with E-state index >= 15 is 0 Å². The van der Waals surface area contributed by atoms with Gasteiger partial charge in [0.1, 0.15) is 5.82 Å². The number of aromatic nitrogens is 2. The number of nitrogens with one attached hydrogen (secondary N) is 2. The van der Waals surface area contributed by atoms with Crippen LogP contribution in [0.2, 0.25) is 0 Å². The van der Waals surface area contributed by atoms with Crippen LogP contribution in [0.1, 0.15) is 61.2 Å². The van der Waals surface area contributed by atoms with Gasteiger partial charge in [0.05, 0.1) is 5.69 Å². The maximum absolute atomic E-state index is 4.86. The molecule has 1 aromatic rings. The second-order valence-corrected chi connectivity index (χ2v) is 5.32. The van der Waals surface area contributed by atoms with Crippen molar-refractivity contribution in [3.05, 3.63) is 17.2 Å². The molecule has 2 aliphatic rings. The van der Waals surface area contributed by atoms with Crippen molar-refractivity contribution in [3.63, 3.8) is 0 Å². The molecule has 1 saturated heterocycles. The summed E-state index contributed by atoms with van der Waals surface area (Å²) >= 11 is 0. The van der Waals surface area contributed by atoms with Crippen molar-refractivity contribution in [3.8, 4) is 0 Å². The first kappa shape index (κ1) is 10.3. The van der Waals surface area contributed by atoms with Crippen LogP contribution < -0.4 is 5.32 Å². The Bertz CT molecular complexity index is 359. The molecule has 3 nitrogen and oxygen atoms in total. The highest BCUT2D eigenvalue weighted by atomic mass is 15.0. The van der Waals surface area contributed by atoms with Gasteiger partial charge in [0.25, 0.3) is 0 Å². The molecule has 0 aromatic carbocycles. The summed E-state index contributed by atoms with van der Waals surface area (Å²) in [5, 5.41) is 3.32. The molecular weight excluding hydrogens is 198 g/mol. The first-order valence-electron chi connectivity index (χ1n) is 6.61. The van der Waals surface area contributed by atoms with E-state index in [4.69, 9.17) is 4.98 Å². The lowest BCUT2D eigenvalue weighted by Crippen LogP contribution is -2.40. The lowest BCUT2D eigenvalue weighted by molar-refractivity contribution is 0.423. The molecule has 0 atom stereocenters. The van der Waals surface area contributed by atoms with Crippen molar-refractivity contribution >= 4 is 0 Å². The third-order valence-electron chi connectivity index (χ3n) is 4.10. The quantitative estimate of drug-likeness (QED) is 0.802. The molecule has 0 unspecified atom stereocenters. The largest absolute Gasteiger partial charge is 0.346 e. The van der Waals surface area contributed by atoms with Gasteiger partial charge >= 0.3 is 0 Å². The number of hydrogen-bond donors (Lipinski definition) is 2. The summed E-state index contributed by atoms with van der Waals surface area (Å²) in [7, 11) is 0. The van der Waals surface area contributed by atoms with Gasteiger partial charge in [0, 0.05) is 30.6 Å². The Morgan fingerprint density at radius 1 is 1.06 bits per heavy atom. The van der Waals surface area contributed by atoms with Crippen molar-refractivity contribution in [1.82, 2.24) is 15.3 Å². The van der Waals surface area contributed by atoms with Crippen LogP contribution in [0, 0.1) is 6.92 Å². The Hall–Kier alpha value is -0.830. The molecule has 2 heterocycles. The van der Waals surface area contributed by atoms with Crippen LogP contribution in [0.25, 0.3) is 0 Å². The molecule has 16 heavy (non-hydrogen) atoms. The lowest BCUT2D eigenvalue weighted by atomic mass is 9.89. The minimum atomic E-state index is 0.661. The van der Waals surface area contributed by atoms with E-state index in [0.29, 0.717) is 11.8 Å². The maximum atomic E-state index is 4.86. The first-order valence-corrected chi connectivity index (χ1v) is 6.61. The first-order chi connectivity index (χ1) is 7.84. The van der Waals surface area contributed by atoms with Gasteiger partial charge in [0.2, 0.25) is 0 Å². The summed E-state index contributed by atoms with van der Waals surface area (Å²) in [6.07, 6.45) is 6.83. The summed E-state index contributed by atoms with van der Waals surface area (Å²) in [5.74, 6) is 2.63. The van der Waals surface area contributed by atoms with Crippen molar-refractivity contribution in [2.45, 2.75) is 50.9 Å². The molecule has 0 amide bonds. The lowest BCUT2D eigenvalue weighted by Gasteiger charge is -2.26. The maximum Gasteiger partial charge on any atom is 0.109 e. The Morgan fingerprint density at radius 2 is 1.81 bits per heavy atom. The van der Waals surface area contributed by atoms with Crippen LogP contribution in [0.3, 0.4) is 0 Å². The fourth-order valence-electron chi connectivity index (χ4n) is 2.95. The van der Waals surface area contributed by atoms with Gasteiger partial charge in [-0.05, 0) is 19.8 Å². The van der Waals surface area contributed by atoms with Gasteiger partial charge in [-0.2, -0.15) is 0 Å². The van der Waals surface area contributed by atoms with Gasteiger partial charge in [0.15, 0.2) is 0 Å². The number of H-pyrrole nitrogens is 1. The monoisotopic (exact) mass is 219 g/mol. The molecule has 0 spiro atoms. The summed E-state index contributed by atoms with van der Waals surface area (Å²) in [6, 6.07) is 0. The van der Waals surface area contributed by atoms with E-state index in [0.717, 1.165) is 13.1 Å². The smallest absolute Gasteiger partial charge is 0.109 e. The van der Waals surface area contributed by atoms with Crippen LogP contribution in [0.15, 0.2) is 0 Å². The van der Waals surface area contributed by atoms with Gasteiger partial charge in [-0.15, -0.1) is 0 Å². The highest BCUT2D eigenvalue weighted by Gasteiger charge is 2.26. The van der Waals surface area contributed by atoms with E-state index in [1.165, 1.54) is 49.3 Å². The van der Waals surface area contributed by atoms with Crippen molar-refractivity contribution in [2.75, 3.05) is 13.1 Å². The van der Waals surface area contributed by atoms with E-state index in [-0.39, 0.29) is 0 Å². The molecule has 1 aliphatic carbocycles. The Labute approximate surface area is 97.0 Å². The van der Waals surface area contributed by atoms with Crippen LogP contribution in [-0.2, 0) is 0 Å². The van der Waals surface area contributed by atoms with E-state index in [9.17, 15) is 0 Å². The fourth-order valence-corrected chi connectivity index (χ4v) is 2.95. The number of nitrogens with zero attached hydrogens (tertiary/aromatic N) is 1. The summed E-state index contributed by atoms with van der Waals surface area (Å²) in [6.45, 7) is 4.39.